The van der Waals surface area contributed by atoms with Crippen molar-refractivity contribution in [3.63, 3.8) is 0 Å². The molecule has 0 aromatic heterocycles. The van der Waals surface area contributed by atoms with Crippen LogP contribution in [-0.2, 0) is 20.0 Å². The monoisotopic (exact) mass is 643 g/mol. The summed E-state index contributed by atoms with van der Waals surface area (Å²) in [4.78, 5) is 0. The van der Waals surface area contributed by atoms with Crippen molar-refractivity contribution in [3.05, 3.63) is 42.5 Å². The number of ether oxygens (including phenoxy) is 2. The molecule has 0 N–H and O–H groups in total. The molecule has 0 aliphatic heterocycles. The summed E-state index contributed by atoms with van der Waals surface area (Å²) in [5, 5.41) is 1.62. The third-order valence-corrected chi connectivity index (χ3v) is 11.0. The Labute approximate surface area is 205 Å². The summed E-state index contributed by atoms with van der Waals surface area (Å²) in [7, 11) is 7.47. The van der Waals surface area contributed by atoms with E-state index in [1.54, 1.807) is 39.5 Å². The molecular weight excluding hydrogens is 608 g/mol. The van der Waals surface area contributed by atoms with Crippen molar-refractivity contribution in [1.82, 2.24) is 0 Å². The van der Waals surface area contributed by atoms with Crippen LogP contribution in [0.1, 0.15) is 64.2 Å². The summed E-state index contributed by atoms with van der Waals surface area (Å²) in [6.45, 7) is 0. The van der Waals surface area contributed by atoms with Gasteiger partial charge in [0.15, 0.2) is 0 Å². The Hall–Kier alpha value is -0.500. The van der Waals surface area contributed by atoms with Gasteiger partial charge in [-0.25, -0.2) is 0 Å². The molecule has 2 saturated carbocycles. The minimum atomic E-state index is -0.660. The number of hydrogen-bond acceptors (Lipinski definition) is 2. The molecule has 2 fully saturated rings. The van der Waals surface area contributed by atoms with Crippen molar-refractivity contribution in [1.29, 1.82) is 0 Å². The molecule has 0 saturated heterocycles. The van der Waals surface area contributed by atoms with Crippen LogP contribution in [0.25, 0.3) is 11.1 Å². The van der Waals surface area contributed by atoms with Crippen LogP contribution in [0.4, 0.5) is 0 Å². The van der Waals surface area contributed by atoms with Gasteiger partial charge in [-0.3, -0.25) is 0 Å². The van der Waals surface area contributed by atoms with Crippen molar-refractivity contribution in [2.45, 2.75) is 75.5 Å². The predicted octanol–water partition coefficient (Wildman–Crippen LogP) is 7.56. The van der Waals surface area contributed by atoms with Crippen molar-refractivity contribution in [2.24, 2.45) is 0 Å². The van der Waals surface area contributed by atoms with E-state index in [2.05, 4.69) is 45.6 Å². The van der Waals surface area contributed by atoms with Gasteiger partial charge in [0.25, 0.3) is 0 Å². The first-order chi connectivity index (χ1) is 15.3. The van der Waals surface area contributed by atoms with Gasteiger partial charge in [-0.1, -0.05) is 37.1 Å². The fourth-order valence-corrected chi connectivity index (χ4v) is 10.1. The van der Waals surface area contributed by atoms with Crippen LogP contribution in [-0.4, -0.2) is 25.5 Å². The maximum absolute atomic E-state index is 5.80. The van der Waals surface area contributed by atoms with E-state index in [1.165, 1.54) is 69.8 Å². The van der Waals surface area contributed by atoms with Crippen molar-refractivity contribution in [2.75, 3.05) is 14.2 Å². The normalized spacial score (nSPS) is 17.7. The number of methoxy groups -OCH3 is 2. The molecule has 174 valence electrons. The Morgan fingerprint density at radius 1 is 0.710 bits per heavy atom. The standard InChI is InChI=1S/C26H35O2P.Au.ClH/c1-27-23-17-11-18-24(28-2)26(23)22-16-9-10-19-25(22)29(20-12-5-3-6-13-20)21-14-7-4-8-15-21;;/h9-11,16-21H,3-8,12-15H2,1-2H3;;1H/q;+1;. The van der Waals surface area contributed by atoms with E-state index in [0.29, 0.717) is 0 Å². The molecule has 0 amide bonds. The maximum atomic E-state index is 5.80. The molecule has 0 spiro atoms. The second-order valence-electron chi connectivity index (χ2n) is 8.71. The molecule has 0 heterocycles. The number of benzene rings is 2. The summed E-state index contributed by atoms with van der Waals surface area (Å²) in [6.07, 6.45) is 14.3. The molecule has 0 radical (unpaired) electrons. The van der Waals surface area contributed by atoms with E-state index in [0.717, 1.165) is 28.4 Å². The number of rotatable bonds is 6. The van der Waals surface area contributed by atoms with Crippen molar-refractivity contribution in [3.8, 4) is 22.6 Å². The van der Waals surface area contributed by atoms with Crippen molar-refractivity contribution >= 4 is 22.4 Å². The van der Waals surface area contributed by atoms with E-state index in [-0.39, 0.29) is 0 Å². The molecule has 0 unspecified atom stereocenters. The fraction of sp³-hybridized carbons (Fsp3) is 0.538. The second-order valence-corrected chi connectivity index (χ2v) is 11.8. The van der Waals surface area contributed by atoms with Gasteiger partial charge in [0.2, 0.25) is 0 Å². The van der Waals surface area contributed by atoms with E-state index >= 15 is 0 Å². The molecule has 2 aromatic carbocycles. The number of hydrogen-bond donors (Lipinski definition) is 0. The summed E-state index contributed by atoms with van der Waals surface area (Å²) < 4.78 is 11.6. The molecule has 2 aliphatic carbocycles. The second kappa shape index (κ2) is 13.3. The first-order valence-corrected chi connectivity index (χ1v) is 16.0. The van der Waals surface area contributed by atoms with Gasteiger partial charge < -0.3 is 9.47 Å². The third-order valence-electron chi connectivity index (χ3n) is 7.03. The summed E-state index contributed by atoms with van der Waals surface area (Å²) in [5.41, 5.74) is 4.33. The van der Waals surface area contributed by atoms with E-state index in [9.17, 15) is 0 Å². The molecule has 2 aliphatic rings. The van der Waals surface area contributed by atoms with Gasteiger partial charge in [0, 0.05) is 13.5 Å². The van der Waals surface area contributed by atoms with Crippen LogP contribution in [0.5, 0.6) is 11.5 Å². The average molecular weight is 644 g/mol. The van der Waals surface area contributed by atoms with E-state index < -0.39 is 7.92 Å². The molecule has 2 aromatic rings. The van der Waals surface area contributed by atoms with Crippen LogP contribution in [0.3, 0.4) is 0 Å². The predicted molar refractivity (Wildman–Crippen MR) is 133 cm³/mol. The molecule has 31 heavy (non-hydrogen) atoms. The third kappa shape index (κ3) is 6.10. The first-order valence-electron chi connectivity index (χ1n) is 11.6. The Bertz CT molecular complexity index is 763. The van der Waals surface area contributed by atoms with Crippen LogP contribution < -0.4 is 14.8 Å². The molecule has 5 heteroatoms. The topological polar surface area (TPSA) is 18.5 Å². The Balaban J connectivity index is 0.00000132. The Kier molecular flexibility index (Phi) is 10.8. The van der Waals surface area contributed by atoms with Gasteiger partial charge in [-0.15, -0.1) is 0 Å². The SMILES string of the molecule is COc1cccc(OC)c1-c1ccccc1[PH+](C1CCCCC1)C1CCCCC1.[Cl][Au]. The van der Waals surface area contributed by atoms with Gasteiger partial charge >= 0.3 is 29.2 Å². The fourth-order valence-electron chi connectivity index (χ4n) is 5.67. The van der Waals surface area contributed by atoms with Crippen molar-refractivity contribution < 1.29 is 29.5 Å². The molecule has 4 rings (SSSR count). The number of halogens is 1. The summed E-state index contributed by atoms with van der Waals surface area (Å²) in [6, 6.07) is 15.4. The Morgan fingerprint density at radius 2 is 1.19 bits per heavy atom. The molecule has 0 bridgehead atoms. The average Bonchev–Trinajstić information content (AvgIpc) is 2.86. The van der Waals surface area contributed by atoms with Crippen LogP contribution in [0.2, 0.25) is 0 Å². The summed E-state index contributed by atoms with van der Waals surface area (Å²) >= 11 is 1.75. The molecule has 0 atom stereocenters. The van der Waals surface area contributed by atoms with Gasteiger partial charge in [-0.05, 0) is 69.6 Å². The van der Waals surface area contributed by atoms with Crippen LogP contribution in [0.15, 0.2) is 42.5 Å². The van der Waals surface area contributed by atoms with Crippen LogP contribution in [0, 0.1) is 0 Å². The zero-order chi connectivity index (χ0) is 22.1. The minimum absolute atomic E-state index is 0.660. The van der Waals surface area contributed by atoms with Gasteiger partial charge in [0.05, 0.1) is 31.1 Å². The molecular formula is C26H36AuClO2P+. The summed E-state index contributed by atoms with van der Waals surface area (Å²) in [5.74, 6) is 1.84. The van der Waals surface area contributed by atoms with Gasteiger partial charge in [0.1, 0.15) is 16.8 Å². The Morgan fingerprint density at radius 3 is 1.68 bits per heavy atom. The molecule has 2 nitrogen and oxygen atoms in total. The zero-order valence-electron chi connectivity index (χ0n) is 18.8. The first kappa shape index (κ1) is 25.1. The quantitative estimate of drug-likeness (QED) is 0.239. The van der Waals surface area contributed by atoms with E-state index in [1.807, 2.05) is 6.07 Å². The van der Waals surface area contributed by atoms with Crippen LogP contribution >= 0.6 is 17.1 Å². The van der Waals surface area contributed by atoms with E-state index in [4.69, 9.17) is 9.47 Å². The van der Waals surface area contributed by atoms with Gasteiger partial charge in [-0.2, -0.15) is 0 Å². The zero-order valence-corrected chi connectivity index (χ0v) is 22.7.